The van der Waals surface area contributed by atoms with Crippen molar-refractivity contribution >= 4 is 11.3 Å². The van der Waals surface area contributed by atoms with E-state index in [4.69, 9.17) is 5.84 Å². The first-order chi connectivity index (χ1) is 9.29. The fourth-order valence-electron chi connectivity index (χ4n) is 2.98. The molecule has 0 spiro atoms. The topological polar surface area (TPSA) is 38.0 Å². The van der Waals surface area contributed by atoms with Gasteiger partial charge in [0.05, 0.1) is 6.04 Å². The van der Waals surface area contributed by atoms with Crippen LogP contribution in [0.4, 0.5) is 4.39 Å². The van der Waals surface area contributed by atoms with Gasteiger partial charge >= 0.3 is 0 Å². The number of thiophene rings is 1. The molecule has 2 aromatic rings. The number of fused-ring (bicyclic) bond motifs is 1. The van der Waals surface area contributed by atoms with Crippen molar-refractivity contribution in [3.63, 3.8) is 0 Å². The number of nitrogens with one attached hydrogen (secondary N) is 1. The van der Waals surface area contributed by atoms with Gasteiger partial charge in [-0.05, 0) is 54.0 Å². The van der Waals surface area contributed by atoms with Gasteiger partial charge in [-0.25, -0.2) is 4.39 Å². The highest BCUT2D eigenvalue weighted by Gasteiger charge is 2.29. The van der Waals surface area contributed by atoms with Gasteiger partial charge in [0, 0.05) is 10.8 Å². The summed E-state index contributed by atoms with van der Waals surface area (Å²) in [5.74, 6) is 5.93. The molecule has 0 fully saturated rings. The first-order valence-electron chi connectivity index (χ1n) is 6.57. The molecule has 3 N–H and O–H groups in total. The maximum atomic E-state index is 13.0. The van der Waals surface area contributed by atoms with Gasteiger partial charge in [-0.3, -0.25) is 11.3 Å². The van der Waals surface area contributed by atoms with Gasteiger partial charge in [0.2, 0.25) is 0 Å². The monoisotopic (exact) mass is 276 g/mol. The quantitative estimate of drug-likeness (QED) is 0.665. The minimum Gasteiger partial charge on any atom is -0.271 e. The van der Waals surface area contributed by atoms with Crippen molar-refractivity contribution in [2.45, 2.75) is 31.2 Å². The Morgan fingerprint density at radius 3 is 2.79 bits per heavy atom. The second kappa shape index (κ2) is 5.41. The van der Waals surface area contributed by atoms with Crippen LogP contribution in [0.25, 0.3) is 0 Å². The van der Waals surface area contributed by atoms with Gasteiger partial charge in [-0.1, -0.05) is 12.1 Å². The summed E-state index contributed by atoms with van der Waals surface area (Å²) in [4.78, 5) is 1.47. The second-order valence-electron chi connectivity index (χ2n) is 4.99. The Bertz CT molecular complexity index is 550. The van der Waals surface area contributed by atoms with Crippen LogP contribution in [-0.2, 0) is 6.42 Å². The van der Waals surface area contributed by atoms with Crippen molar-refractivity contribution in [3.05, 3.63) is 57.5 Å². The van der Waals surface area contributed by atoms with Crippen LogP contribution in [0.2, 0.25) is 0 Å². The molecule has 1 aliphatic carbocycles. The smallest absolute Gasteiger partial charge is 0.123 e. The van der Waals surface area contributed by atoms with E-state index in [9.17, 15) is 4.39 Å². The Labute approximate surface area is 116 Å². The molecule has 1 aliphatic rings. The number of halogens is 1. The molecule has 1 heterocycles. The molecule has 0 aliphatic heterocycles. The van der Waals surface area contributed by atoms with E-state index in [1.165, 1.54) is 35.4 Å². The standard InChI is InChI=1S/C15H17FN2S/c16-11-6-4-10(5-7-11)15(18-17)13-2-1-3-14-12(13)8-9-19-14/h4-9,13,15,18H,1-3,17H2. The molecule has 0 saturated carbocycles. The largest absolute Gasteiger partial charge is 0.271 e. The van der Waals surface area contributed by atoms with E-state index < -0.39 is 0 Å². The van der Waals surface area contributed by atoms with Crippen LogP contribution in [0.3, 0.4) is 0 Å². The molecule has 2 atom stereocenters. The van der Waals surface area contributed by atoms with Crippen molar-refractivity contribution in [1.82, 2.24) is 5.43 Å². The van der Waals surface area contributed by atoms with Crippen molar-refractivity contribution in [3.8, 4) is 0 Å². The van der Waals surface area contributed by atoms with Crippen LogP contribution in [0.1, 0.15) is 40.8 Å². The second-order valence-corrected chi connectivity index (χ2v) is 5.99. The van der Waals surface area contributed by atoms with E-state index in [1.807, 2.05) is 23.5 Å². The van der Waals surface area contributed by atoms with Crippen molar-refractivity contribution in [2.75, 3.05) is 0 Å². The highest BCUT2D eigenvalue weighted by molar-refractivity contribution is 7.10. The number of aryl methyl sites for hydroxylation is 1. The average molecular weight is 276 g/mol. The molecule has 0 amide bonds. The predicted molar refractivity (Wildman–Crippen MR) is 76.5 cm³/mol. The maximum absolute atomic E-state index is 13.0. The lowest BCUT2D eigenvalue weighted by molar-refractivity contribution is 0.410. The lowest BCUT2D eigenvalue weighted by atomic mass is 9.80. The zero-order valence-corrected chi connectivity index (χ0v) is 11.4. The summed E-state index contributed by atoms with van der Waals surface area (Å²) in [5, 5.41) is 2.15. The fraction of sp³-hybridized carbons (Fsp3) is 0.333. The van der Waals surface area contributed by atoms with Crippen molar-refractivity contribution < 1.29 is 4.39 Å². The van der Waals surface area contributed by atoms with Crippen LogP contribution in [0.5, 0.6) is 0 Å². The Kier molecular flexibility index (Phi) is 3.64. The summed E-state index contributed by atoms with van der Waals surface area (Å²) in [6.07, 6.45) is 3.48. The normalized spacial score (nSPS) is 20.0. The lowest BCUT2D eigenvalue weighted by Gasteiger charge is -2.30. The summed E-state index contributed by atoms with van der Waals surface area (Å²) in [6, 6.07) is 8.89. The molecule has 19 heavy (non-hydrogen) atoms. The SMILES string of the molecule is NNC(c1ccc(F)cc1)C1CCCc2sccc21. The highest BCUT2D eigenvalue weighted by atomic mass is 32.1. The summed E-state index contributed by atoms with van der Waals surface area (Å²) >= 11 is 1.83. The van der Waals surface area contributed by atoms with Gasteiger partial charge in [0.1, 0.15) is 5.82 Å². The van der Waals surface area contributed by atoms with E-state index in [-0.39, 0.29) is 11.9 Å². The molecule has 0 saturated heterocycles. The summed E-state index contributed by atoms with van der Waals surface area (Å²) in [6.45, 7) is 0. The molecule has 1 aromatic heterocycles. The van der Waals surface area contributed by atoms with E-state index in [0.29, 0.717) is 5.92 Å². The molecule has 2 unspecified atom stereocenters. The molecule has 100 valence electrons. The number of hydrogen-bond acceptors (Lipinski definition) is 3. The van der Waals surface area contributed by atoms with Gasteiger partial charge in [-0.15, -0.1) is 11.3 Å². The van der Waals surface area contributed by atoms with Gasteiger partial charge < -0.3 is 0 Å². The number of nitrogens with two attached hydrogens (primary N) is 1. The third kappa shape index (κ3) is 2.43. The van der Waals surface area contributed by atoms with E-state index >= 15 is 0 Å². The summed E-state index contributed by atoms with van der Waals surface area (Å²) < 4.78 is 13.0. The zero-order valence-electron chi connectivity index (χ0n) is 10.6. The third-order valence-electron chi connectivity index (χ3n) is 3.91. The Balaban J connectivity index is 1.94. The van der Waals surface area contributed by atoms with E-state index in [2.05, 4.69) is 16.9 Å². The molecule has 0 bridgehead atoms. The fourth-order valence-corrected chi connectivity index (χ4v) is 3.98. The third-order valence-corrected chi connectivity index (χ3v) is 4.91. The number of hydrogen-bond donors (Lipinski definition) is 2. The van der Waals surface area contributed by atoms with Crippen molar-refractivity contribution in [2.24, 2.45) is 5.84 Å². The van der Waals surface area contributed by atoms with E-state index in [0.717, 1.165) is 12.0 Å². The first kappa shape index (κ1) is 12.8. The Morgan fingerprint density at radius 2 is 2.05 bits per heavy atom. The lowest BCUT2D eigenvalue weighted by Crippen LogP contribution is -2.33. The summed E-state index contributed by atoms with van der Waals surface area (Å²) in [7, 11) is 0. The van der Waals surface area contributed by atoms with Gasteiger partial charge in [-0.2, -0.15) is 0 Å². The molecular weight excluding hydrogens is 259 g/mol. The minimum atomic E-state index is -0.209. The highest BCUT2D eigenvalue weighted by Crippen LogP contribution is 2.41. The Morgan fingerprint density at radius 1 is 1.26 bits per heavy atom. The number of benzene rings is 1. The average Bonchev–Trinajstić information content (AvgIpc) is 2.91. The van der Waals surface area contributed by atoms with Gasteiger partial charge in [0.25, 0.3) is 0 Å². The first-order valence-corrected chi connectivity index (χ1v) is 7.45. The van der Waals surface area contributed by atoms with Crippen LogP contribution < -0.4 is 11.3 Å². The van der Waals surface area contributed by atoms with Crippen LogP contribution in [0.15, 0.2) is 35.7 Å². The van der Waals surface area contributed by atoms with Crippen molar-refractivity contribution in [1.29, 1.82) is 0 Å². The molecular formula is C15H17FN2S. The molecule has 4 heteroatoms. The van der Waals surface area contributed by atoms with Crippen LogP contribution >= 0.6 is 11.3 Å². The van der Waals surface area contributed by atoms with Crippen LogP contribution in [0, 0.1) is 5.82 Å². The minimum absolute atomic E-state index is 0.0502. The molecule has 3 rings (SSSR count). The predicted octanol–water partition coefficient (Wildman–Crippen LogP) is 3.51. The summed E-state index contributed by atoms with van der Waals surface area (Å²) in [5.41, 5.74) is 5.38. The maximum Gasteiger partial charge on any atom is 0.123 e. The molecule has 1 aromatic carbocycles. The molecule has 2 nitrogen and oxygen atoms in total. The molecule has 0 radical (unpaired) electrons. The zero-order chi connectivity index (χ0) is 13.2. The van der Waals surface area contributed by atoms with E-state index in [1.54, 1.807) is 0 Å². The number of rotatable bonds is 3. The number of hydrazine groups is 1. The Hall–Kier alpha value is -1.23. The van der Waals surface area contributed by atoms with Crippen LogP contribution in [-0.4, -0.2) is 0 Å². The van der Waals surface area contributed by atoms with Gasteiger partial charge in [0.15, 0.2) is 0 Å².